The first-order valence-electron chi connectivity index (χ1n) is 9.49. The molecule has 1 fully saturated rings. The van der Waals surface area contributed by atoms with Crippen molar-refractivity contribution in [3.8, 4) is 0 Å². The molecule has 0 bridgehead atoms. The SMILES string of the molecule is Cc1ncc2c(n1)C1(CCCN(S(=O)(=O)N(C)Cc3ccccc3)C1)CC2. The molecule has 0 N–H and O–H groups in total. The predicted molar refractivity (Wildman–Crippen MR) is 104 cm³/mol. The van der Waals surface area contributed by atoms with Gasteiger partial charge in [0.2, 0.25) is 0 Å². The highest BCUT2D eigenvalue weighted by Gasteiger charge is 2.46. The van der Waals surface area contributed by atoms with Gasteiger partial charge in [0.1, 0.15) is 5.82 Å². The second-order valence-corrected chi connectivity index (χ2v) is 9.79. The van der Waals surface area contributed by atoms with Crippen LogP contribution in [0.4, 0.5) is 0 Å². The summed E-state index contributed by atoms with van der Waals surface area (Å²) in [5.74, 6) is 0.760. The van der Waals surface area contributed by atoms with Gasteiger partial charge in [-0.1, -0.05) is 30.3 Å². The Morgan fingerprint density at radius 2 is 2.00 bits per heavy atom. The summed E-state index contributed by atoms with van der Waals surface area (Å²) in [5, 5.41) is 0. The molecule has 6 nitrogen and oxygen atoms in total. The molecule has 4 rings (SSSR count). The highest BCUT2D eigenvalue weighted by Crippen LogP contribution is 2.44. The molecule has 1 aromatic carbocycles. The molecule has 1 unspecified atom stereocenters. The molecule has 2 aliphatic rings. The first kappa shape index (κ1) is 18.5. The normalized spacial score (nSPS) is 23.1. The molecule has 1 spiro atoms. The van der Waals surface area contributed by atoms with E-state index in [4.69, 9.17) is 4.98 Å². The molecule has 0 saturated carbocycles. The minimum Gasteiger partial charge on any atom is -0.241 e. The Morgan fingerprint density at radius 1 is 1.22 bits per heavy atom. The van der Waals surface area contributed by atoms with Crippen molar-refractivity contribution in [1.82, 2.24) is 18.6 Å². The van der Waals surface area contributed by atoms with E-state index < -0.39 is 10.2 Å². The third-order valence-electron chi connectivity index (χ3n) is 5.87. The van der Waals surface area contributed by atoms with Gasteiger partial charge in [0.15, 0.2) is 0 Å². The highest BCUT2D eigenvalue weighted by atomic mass is 32.2. The molecule has 144 valence electrons. The zero-order valence-electron chi connectivity index (χ0n) is 15.9. The molecule has 2 heterocycles. The maximum atomic E-state index is 13.2. The number of nitrogens with zero attached hydrogens (tertiary/aromatic N) is 4. The topological polar surface area (TPSA) is 66.4 Å². The summed E-state index contributed by atoms with van der Waals surface area (Å²) in [6, 6.07) is 9.72. The molecule has 1 aliphatic carbocycles. The largest absolute Gasteiger partial charge is 0.282 e. The molecule has 1 atom stereocenters. The molecule has 0 radical (unpaired) electrons. The summed E-state index contributed by atoms with van der Waals surface area (Å²) in [5.41, 5.74) is 3.07. The molecular weight excluding hydrogens is 360 g/mol. The Morgan fingerprint density at radius 3 is 2.78 bits per heavy atom. The maximum Gasteiger partial charge on any atom is 0.282 e. The van der Waals surface area contributed by atoms with Crippen LogP contribution >= 0.6 is 0 Å². The van der Waals surface area contributed by atoms with Gasteiger partial charge in [0, 0.05) is 38.3 Å². The fourth-order valence-corrected chi connectivity index (χ4v) is 5.91. The molecule has 7 heteroatoms. The molecule has 2 aromatic rings. The van der Waals surface area contributed by atoms with Crippen molar-refractivity contribution in [3.05, 3.63) is 59.2 Å². The van der Waals surface area contributed by atoms with Crippen LogP contribution in [0, 0.1) is 6.92 Å². The lowest BCUT2D eigenvalue weighted by Crippen LogP contribution is -2.51. The van der Waals surface area contributed by atoms with Gasteiger partial charge < -0.3 is 0 Å². The lowest BCUT2D eigenvalue weighted by molar-refractivity contribution is 0.209. The second kappa shape index (κ2) is 6.96. The fraction of sp³-hybridized carbons (Fsp3) is 0.500. The molecule has 1 aliphatic heterocycles. The Bertz CT molecular complexity index is 928. The van der Waals surface area contributed by atoms with Crippen LogP contribution in [-0.4, -0.2) is 47.1 Å². The van der Waals surface area contributed by atoms with E-state index in [1.54, 1.807) is 11.4 Å². The van der Waals surface area contributed by atoms with E-state index in [2.05, 4.69) is 4.98 Å². The average Bonchev–Trinajstić information content (AvgIpc) is 3.00. The van der Waals surface area contributed by atoms with E-state index in [0.29, 0.717) is 19.6 Å². The number of benzene rings is 1. The minimum absolute atomic E-state index is 0.165. The number of aryl methyl sites for hydroxylation is 2. The monoisotopic (exact) mass is 386 g/mol. The van der Waals surface area contributed by atoms with Crippen molar-refractivity contribution in [1.29, 1.82) is 0 Å². The number of aromatic nitrogens is 2. The lowest BCUT2D eigenvalue weighted by atomic mass is 9.78. The summed E-state index contributed by atoms with van der Waals surface area (Å²) >= 11 is 0. The summed E-state index contributed by atoms with van der Waals surface area (Å²) in [7, 11) is -1.85. The van der Waals surface area contributed by atoms with Crippen molar-refractivity contribution in [2.75, 3.05) is 20.1 Å². The van der Waals surface area contributed by atoms with Crippen LogP contribution in [-0.2, 0) is 28.6 Å². The standard InChI is InChI=1S/C20H26N4O2S/c1-16-21-13-18-9-11-20(19(18)22-16)10-6-12-24(15-20)27(25,26)23(2)14-17-7-4-3-5-8-17/h3-5,7-8,13H,6,9-12,14-15H2,1-2H3. The Kier molecular flexibility index (Phi) is 4.78. The zero-order chi connectivity index (χ0) is 19.1. The van der Waals surface area contributed by atoms with Gasteiger partial charge in [0.05, 0.1) is 5.69 Å². The van der Waals surface area contributed by atoms with Crippen molar-refractivity contribution in [2.45, 2.75) is 44.6 Å². The lowest BCUT2D eigenvalue weighted by Gasteiger charge is -2.41. The van der Waals surface area contributed by atoms with Gasteiger partial charge in [-0.15, -0.1) is 0 Å². The molecule has 1 saturated heterocycles. The van der Waals surface area contributed by atoms with Crippen LogP contribution in [0.15, 0.2) is 36.5 Å². The van der Waals surface area contributed by atoms with E-state index in [1.807, 2.05) is 43.5 Å². The van der Waals surface area contributed by atoms with Crippen LogP contribution in [0.2, 0.25) is 0 Å². The highest BCUT2D eigenvalue weighted by molar-refractivity contribution is 7.86. The first-order valence-corrected chi connectivity index (χ1v) is 10.9. The van der Waals surface area contributed by atoms with E-state index in [0.717, 1.165) is 42.8 Å². The van der Waals surface area contributed by atoms with Crippen molar-refractivity contribution in [3.63, 3.8) is 0 Å². The zero-order valence-corrected chi connectivity index (χ0v) is 16.7. The molecule has 1 aromatic heterocycles. The third-order valence-corrected chi connectivity index (χ3v) is 7.75. The van der Waals surface area contributed by atoms with Gasteiger partial charge in [-0.05, 0) is 43.7 Å². The van der Waals surface area contributed by atoms with Crippen molar-refractivity contribution >= 4 is 10.2 Å². The molecular formula is C20H26N4O2S. The quantitative estimate of drug-likeness (QED) is 0.810. The summed E-state index contributed by atoms with van der Waals surface area (Å²) in [4.78, 5) is 9.03. The number of hydrogen-bond acceptors (Lipinski definition) is 4. The predicted octanol–water partition coefficient (Wildman–Crippen LogP) is 2.44. The molecule has 27 heavy (non-hydrogen) atoms. The van der Waals surface area contributed by atoms with E-state index in [1.165, 1.54) is 9.87 Å². The average molecular weight is 387 g/mol. The van der Waals surface area contributed by atoms with Crippen molar-refractivity contribution in [2.24, 2.45) is 0 Å². The number of hydrogen-bond donors (Lipinski definition) is 0. The first-order chi connectivity index (χ1) is 12.9. The fourth-order valence-electron chi connectivity index (χ4n) is 4.43. The summed E-state index contributed by atoms with van der Waals surface area (Å²) in [6.07, 6.45) is 5.66. The van der Waals surface area contributed by atoms with Gasteiger partial charge in [-0.2, -0.15) is 17.0 Å². The second-order valence-electron chi connectivity index (χ2n) is 7.76. The Balaban J connectivity index is 1.57. The van der Waals surface area contributed by atoms with Gasteiger partial charge in [-0.3, -0.25) is 0 Å². The van der Waals surface area contributed by atoms with Gasteiger partial charge in [0.25, 0.3) is 10.2 Å². The smallest absolute Gasteiger partial charge is 0.241 e. The van der Waals surface area contributed by atoms with Crippen LogP contribution in [0.5, 0.6) is 0 Å². The third kappa shape index (κ3) is 3.39. The van der Waals surface area contributed by atoms with Crippen LogP contribution in [0.3, 0.4) is 0 Å². The number of fused-ring (bicyclic) bond motifs is 2. The molecule has 0 amide bonds. The van der Waals surface area contributed by atoms with E-state index >= 15 is 0 Å². The minimum atomic E-state index is -3.51. The number of rotatable bonds is 4. The number of piperidine rings is 1. The van der Waals surface area contributed by atoms with Crippen LogP contribution in [0.1, 0.15) is 41.9 Å². The van der Waals surface area contributed by atoms with Gasteiger partial charge >= 0.3 is 0 Å². The summed E-state index contributed by atoms with van der Waals surface area (Å²) < 4.78 is 29.6. The summed E-state index contributed by atoms with van der Waals surface area (Å²) in [6.45, 7) is 3.36. The Hall–Kier alpha value is -1.83. The van der Waals surface area contributed by atoms with E-state index in [-0.39, 0.29) is 5.41 Å². The Labute approximate surface area is 161 Å². The van der Waals surface area contributed by atoms with Gasteiger partial charge in [-0.25, -0.2) is 9.97 Å². The van der Waals surface area contributed by atoms with Crippen molar-refractivity contribution < 1.29 is 8.42 Å². The van der Waals surface area contributed by atoms with Crippen LogP contribution < -0.4 is 0 Å². The van der Waals surface area contributed by atoms with E-state index in [9.17, 15) is 8.42 Å². The maximum absolute atomic E-state index is 13.2. The van der Waals surface area contributed by atoms with Crippen LogP contribution in [0.25, 0.3) is 0 Å².